The van der Waals surface area contributed by atoms with Crippen LogP contribution in [0.3, 0.4) is 0 Å². The van der Waals surface area contributed by atoms with Crippen LogP contribution in [0.5, 0.6) is 0 Å². The van der Waals surface area contributed by atoms with Crippen molar-refractivity contribution in [3.8, 4) is 0 Å². The van der Waals surface area contributed by atoms with Crippen molar-refractivity contribution in [1.82, 2.24) is 9.88 Å². The van der Waals surface area contributed by atoms with E-state index in [1.165, 1.54) is 17.8 Å². The first kappa shape index (κ1) is 14.7. The highest BCUT2D eigenvalue weighted by molar-refractivity contribution is 7.11. The Morgan fingerprint density at radius 3 is 2.62 bits per heavy atom. The molecule has 2 aliphatic rings. The third-order valence-electron chi connectivity index (χ3n) is 4.69. The Morgan fingerprint density at radius 2 is 2.05 bits per heavy atom. The molecule has 0 bridgehead atoms. The van der Waals surface area contributed by atoms with Crippen LogP contribution < -0.4 is 5.73 Å². The zero-order valence-electron chi connectivity index (χ0n) is 12.0. The van der Waals surface area contributed by atoms with Gasteiger partial charge in [-0.15, -0.1) is 11.3 Å². The van der Waals surface area contributed by atoms with Gasteiger partial charge in [0.05, 0.1) is 12.1 Å². The number of carbonyl (C=O) groups is 2. The molecule has 1 aromatic rings. The van der Waals surface area contributed by atoms with Gasteiger partial charge in [-0.2, -0.15) is 0 Å². The number of carbonyl (C=O) groups excluding carboxylic acids is 2. The third kappa shape index (κ3) is 2.87. The summed E-state index contributed by atoms with van der Waals surface area (Å²) >= 11 is 1.33. The average Bonchev–Trinajstić information content (AvgIpc) is 3.00. The predicted octanol–water partition coefficient (Wildman–Crippen LogP) is 1.83. The second-order valence-corrected chi connectivity index (χ2v) is 6.86. The zero-order valence-corrected chi connectivity index (χ0v) is 12.8. The first-order valence-corrected chi connectivity index (χ1v) is 8.56. The topological polar surface area (TPSA) is 76.3 Å². The monoisotopic (exact) mass is 307 g/mol. The lowest BCUT2D eigenvalue weighted by atomic mass is 9.83. The molecule has 6 heteroatoms. The summed E-state index contributed by atoms with van der Waals surface area (Å²) in [5, 5.41) is 2.27. The maximum absolute atomic E-state index is 12.5. The molecule has 1 aliphatic carbocycles. The Labute approximate surface area is 128 Å². The molecular weight excluding hydrogens is 286 g/mol. The molecule has 0 aromatic carbocycles. The number of nitrogens with two attached hydrogens (primary N) is 1. The summed E-state index contributed by atoms with van der Waals surface area (Å²) in [6.45, 7) is 0.640. The second kappa shape index (κ2) is 6.23. The Bertz CT molecular complexity index is 511. The van der Waals surface area contributed by atoms with E-state index in [4.69, 9.17) is 5.73 Å². The van der Waals surface area contributed by atoms with E-state index in [9.17, 15) is 9.59 Å². The van der Waals surface area contributed by atoms with Crippen molar-refractivity contribution in [2.45, 2.75) is 50.6 Å². The average molecular weight is 307 g/mol. The van der Waals surface area contributed by atoms with Crippen molar-refractivity contribution < 1.29 is 9.59 Å². The van der Waals surface area contributed by atoms with E-state index in [0.717, 1.165) is 32.1 Å². The van der Waals surface area contributed by atoms with Crippen molar-refractivity contribution in [3.05, 3.63) is 16.6 Å². The molecule has 1 amide bonds. The Kier molecular flexibility index (Phi) is 4.35. The van der Waals surface area contributed by atoms with Crippen LogP contribution in [0.1, 0.15) is 48.3 Å². The fraction of sp³-hybridized carbons (Fsp3) is 0.667. The highest BCUT2D eigenvalue weighted by Crippen LogP contribution is 2.29. The van der Waals surface area contributed by atoms with Gasteiger partial charge in [0, 0.05) is 18.1 Å². The number of hydrogen-bond acceptors (Lipinski definition) is 5. The fourth-order valence-corrected chi connectivity index (χ4v) is 3.92. The van der Waals surface area contributed by atoms with Crippen molar-refractivity contribution in [3.63, 3.8) is 0 Å². The number of Topliss-reactive ketones (excluding diaryl/α,β-unsaturated/α-hetero) is 1. The summed E-state index contributed by atoms with van der Waals surface area (Å²) in [5.74, 6) is 0.186. The van der Waals surface area contributed by atoms with Crippen molar-refractivity contribution in [1.29, 1.82) is 0 Å². The molecule has 0 unspecified atom stereocenters. The number of aromatic nitrogens is 1. The first-order valence-electron chi connectivity index (χ1n) is 7.68. The lowest BCUT2D eigenvalue weighted by molar-refractivity contribution is -0.140. The van der Waals surface area contributed by atoms with Gasteiger partial charge in [-0.25, -0.2) is 4.98 Å². The van der Waals surface area contributed by atoms with Gasteiger partial charge < -0.3 is 10.6 Å². The molecule has 1 aromatic heterocycles. The molecule has 1 aliphatic heterocycles. The van der Waals surface area contributed by atoms with Crippen LogP contribution in [-0.2, 0) is 4.79 Å². The third-order valence-corrected chi connectivity index (χ3v) is 5.48. The summed E-state index contributed by atoms with van der Waals surface area (Å²) in [5.41, 5.74) is 6.17. The summed E-state index contributed by atoms with van der Waals surface area (Å²) in [6.07, 6.45) is 7.97. The van der Waals surface area contributed by atoms with E-state index in [2.05, 4.69) is 4.98 Å². The molecule has 3 rings (SSSR count). The molecule has 1 saturated heterocycles. The smallest absolute Gasteiger partial charge is 0.240 e. The number of amides is 1. The molecule has 2 heterocycles. The van der Waals surface area contributed by atoms with Gasteiger partial charge in [0.2, 0.25) is 11.7 Å². The van der Waals surface area contributed by atoms with E-state index >= 15 is 0 Å². The van der Waals surface area contributed by atoms with Crippen molar-refractivity contribution >= 4 is 23.0 Å². The highest BCUT2D eigenvalue weighted by Gasteiger charge is 2.41. The number of thiazole rings is 1. The van der Waals surface area contributed by atoms with Crippen LogP contribution in [0.25, 0.3) is 0 Å². The largest absolute Gasteiger partial charge is 0.331 e. The molecule has 2 atom stereocenters. The Balaban J connectivity index is 1.63. The Hall–Kier alpha value is -1.27. The number of rotatable bonds is 4. The van der Waals surface area contributed by atoms with E-state index in [0.29, 0.717) is 11.6 Å². The predicted molar refractivity (Wildman–Crippen MR) is 81.1 cm³/mol. The molecule has 21 heavy (non-hydrogen) atoms. The van der Waals surface area contributed by atoms with Gasteiger partial charge in [0.15, 0.2) is 5.01 Å². The maximum atomic E-state index is 12.5. The van der Waals surface area contributed by atoms with Gasteiger partial charge in [0.25, 0.3) is 0 Å². The van der Waals surface area contributed by atoms with Gasteiger partial charge in [0.1, 0.15) is 0 Å². The lowest BCUT2D eigenvalue weighted by Crippen LogP contribution is -2.60. The lowest BCUT2D eigenvalue weighted by Gasteiger charge is -2.42. The second-order valence-electron chi connectivity index (χ2n) is 5.96. The normalized spacial score (nSPS) is 24.4. The van der Waals surface area contributed by atoms with Gasteiger partial charge in [-0.3, -0.25) is 9.59 Å². The minimum Gasteiger partial charge on any atom is -0.331 e. The first-order chi connectivity index (χ1) is 10.2. The van der Waals surface area contributed by atoms with E-state index < -0.39 is 6.04 Å². The van der Waals surface area contributed by atoms with Gasteiger partial charge >= 0.3 is 0 Å². The van der Waals surface area contributed by atoms with Crippen LogP contribution in [0.2, 0.25) is 0 Å². The summed E-state index contributed by atoms with van der Waals surface area (Å²) in [4.78, 5) is 30.6. The van der Waals surface area contributed by atoms with Gasteiger partial charge in [-0.05, 0) is 25.2 Å². The summed E-state index contributed by atoms with van der Waals surface area (Å²) in [6, 6.07) is -0.796. The maximum Gasteiger partial charge on any atom is 0.240 e. The quantitative estimate of drug-likeness (QED) is 0.861. The molecule has 2 N–H and O–H groups in total. The van der Waals surface area contributed by atoms with Crippen molar-refractivity contribution in [2.75, 3.05) is 6.54 Å². The van der Waals surface area contributed by atoms with E-state index in [1.807, 2.05) is 0 Å². The fourth-order valence-electron chi connectivity index (χ4n) is 3.30. The molecule has 0 spiro atoms. The van der Waals surface area contributed by atoms with Crippen LogP contribution >= 0.6 is 11.3 Å². The number of likely N-dealkylation sites (tertiary alicyclic amines) is 1. The standard InChI is InChI=1S/C15H21N3O2S/c16-12(10-4-2-1-3-5-10)15(20)18-8-6-11(18)13(19)14-17-7-9-21-14/h7,9-12H,1-6,8,16H2/t11-,12-/m0/s1. The highest BCUT2D eigenvalue weighted by atomic mass is 32.1. The number of hydrogen-bond donors (Lipinski definition) is 1. The van der Waals surface area contributed by atoms with Crippen LogP contribution in [0.4, 0.5) is 0 Å². The molecule has 0 radical (unpaired) electrons. The molecule has 114 valence electrons. The summed E-state index contributed by atoms with van der Waals surface area (Å²) < 4.78 is 0. The zero-order chi connectivity index (χ0) is 14.8. The molecule has 1 saturated carbocycles. The molecule has 5 nitrogen and oxygen atoms in total. The van der Waals surface area contributed by atoms with Crippen LogP contribution in [0, 0.1) is 5.92 Å². The van der Waals surface area contributed by atoms with Gasteiger partial charge in [-0.1, -0.05) is 19.3 Å². The number of nitrogens with zero attached hydrogens (tertiary/aromatic N) is 2. The minimum absolute atomic E-state index is 0.0413. The molecule has 2 fully saturated rings. The van der Waals surface area contributed by atoms with E-state index in [1.54, 1.807) is 16.5 Å². The van der Waals surface area contributed by atoms with Crippen molar-refractivity contribution in [2.24, 2.45) is 11.7 Å². The Morgan fingerprint density at radius 1 is 1.29 bits per heavy atom. The molecular formula is C15H21N3O2S. The van der Waals surface area contributed by atoms with E-state index in [-0.39, 0.29) is 23.7 Å². The van der Waals surface area contributed by atoms with Crippen LogP contribution in [-0.4, -0.2) is 40.2 Å². The minimum atomic E-state index is -0.447. The number of ketones is 1. The SMILES string of the molecule is N[C@H](C(=O)N1CC[C@H]1C(=O)c1nccs1)C1CCCCC1. The van der Waals surface area contributed by atoms with Crippen LogP contribution in [0.15, 0.2) is 11.6 Å². The summed E-state index contributed by atoms with van der Waals surface area (Å²) in [7, 11) is 0.